The molecule has 0 spiro atoms. The molecule has 1 aliphatic carbocycles. The zero-order valence-corrected chi connectivity index (χ0v) is 11.8. The highest BCUT2D eigenvalue weighted by Gasteiger charge is 2.40. The van der Waals surface area contributed by atoms with Crippen molar-refractivity contribution >= 4 is 0 Å². The lowest BCUT2D eigenvalue weighted by molar-refractivity contribution is -0.0643. The smallest absolute Gasteiger partial charge is 0.0674 e. The molecule has 2 N–H and O–H groups in total. The first-order valence-electron chi connectivity index (χ1n) is 7.37. The lowest BCUT2D eigenvalue weighted by atomic mass is 9.76. The van der Waals surface area contributed by atoms with E-state index in [1.54, 1.807) is 0 Å². The number of hydrogen-bond donors (Lipinski definition) is 1. The van der Waals surface area contributed by atoms with Crippen molar-refractivity contribution in [1.29, 1.82) is 0 Å². The van der Waals surface area contributed by atoms with E-state index >= 15 is 0 Å². The van der Waals surface area contributed by atoms with E-state index in [1.165, 1.54) is 17.5 Å². The van der Waals surface area contributed by atoms with E-state index in [2.05, 4.69) is 36.1 Å². The maximum atomic E-state index is 6.19. The zero-order valence-electron chi connectivity index (χ0n) is 11.8. The molecule has 2 aliphatic rings. The summed E-state index contributed by atoms with van der Waals surface area (Å²) in [6.07, 6.45) is 3.74. The Kier molecular flexibility index (Phi) is 3.61. The molecule has 0 aromatic heterocycles. The maximum Gasteiger partial charge on any atom is 0.0674 e. The third-order valence-corrected chi connectivity index (χ3v) is 4.79. The summed E-state index contributed by atoms with van der Waals surface area (Å²) in [7, 11) is 0. The van der Waals surface area contributed by atoms with Crippen LogP contribution in [0.4, 0.5) is 0 Å². The van der Waals surface area contributed by atoms with Gasteiger partial charge in [0.05, 0.1) is 12.7 Å². The van der Waals surface area contributed by atoms with Gasteiger partial charge in [-0.2, -0.15) is 0 Å². The van der Waals surface area contributed by atoms with Gasteiger partial charge in [0.1, 0.15) is 0 Å². The molecule has 1 fully saturated rings. The molecule has 3 nitrogen and oxygen atoms in total. The number of nitrogens with zero attached hydrogens (tertiary/aromatic N) is 1. The van der Waals surface area contributed by atoms with Crippen LogP contribution in [0, 0.1) is 0 Å². The average Bonchev–Trinajstić information content (AvgIpc) is 2.46. The van der Waals surface area contributed by atoms with E-state index in [-0.39, 0.29) is 5.54 Å². The van der Waals surface area contributed by atoms with Crippen LogP contribution in [0.2, 0.25) is 0 Å². The predicted molar refractivity (Wildman–Crippen MR) is 77.2 cm³/mol. The molecule has 1 heterocycles. The number of ether oxygens (including phenoxy) is 1. The van der Waals surface area contributed by atoms with Gasteiger partial charge < -0.3 is 10.5 Å². The van der Waals surface area contributed by atoms with E-state index in [1.807, 2.05) is 0 Å². The third kappa shape index (κ3) is 2.42. The minimum Gasteiger partial charge on any atom is -0.376 e. The van der Waals surface area contributed by atoms with Crippen LogP contribution in [0.1, 0.15) is 24.5 Å². The van der Waals surface area contributed by atoms with Crippen LogP contribution in [-0.4, -0.2) is 42.8 Å². The number of nitrogens with two attached hydrogens (primary N) is 1. The molecule has 1 saturated heterocycles. The van der Waals surface area contributed by atoms with E-state index < -0.39 is 0 Å². The topological polar surface area (TPSA) is 38.5 Å². The van der Waals surface area contributed by atoms with Crippen LogP contribution in [0.15, 0.2) is 24.3 Å². The van der Waals surface area contributed by atoms with E-state index in [0.29, 0.717) is 6.10 Å². The molecule has 2 atom stereocenters. The normalized spacial score (nSPS) is 32.0. The molecule has 3 heteroatoms. The largest absolute Gasteiger partial charge is 0.376 e. The van der Waals surface area contributed by atoms with Gasteiger partial charge in [-0.15, -0.1) is 0 Å². The van der Waals surface area contributed by atoms with Crippen molar-refractivity contribution in [1.82, 2.24) is 4.90 Å². The van der Waals surface area contributed by atoms with Crippen molar-refractivity contribution in [2.24, 2.45) is 5.73 Å². The minimum absolute atomic E-state index is 0.145. The number of aryl methyl sites for hydroxylation is 1. The first-order chi connectivity index (χ1) is 9.23. The monoisotopic (exact) mass is 260 g/mol. The van der Waals surface area contributed by atoms with Gasteiger partial charge in [-0.1, -0.05) is 24.3 Å². The fourth-order valence-corrected chi connectivity index (χ4v) is 3.61. The number of rotatable bonds is 2. The van der Waals surface area contributed by atoms with Crippen LogP contribution in [-0.2, 0) is 17.6 Å². The summed E-state index contributed by atoms with van der Waals surface area (Å²) in [5, 5.41) is 0. The first kappa shape index (κ1) is 13.1. The molecule has 0 saturated carbocycles. The second kappa shape index (κ2) is 5.23. The Hall–Kier alpha value is -0.900. The van der Waals surface area contributed by atoms with Gasteiger partial charge in [0.15, 0.2) is 0 Å². The number of fused-ring (bicyclic) bond motifs is 1. The van der Waals surface area contributed by atoms with Crippen LogP contribution >= 0.6 is 0 Å². The predicted octanol–water partition coefficient (Wildman–Crippen LogP) is 1.59. The molecule has 1 aliphatic heterocycles. The second-order valence-electron chi connectivity index (χ2n) is 6.00. The quantitative estimate of drug-likeness (QED) is 0.877. The standard InChI is InChI=1S/C16H24N2O/c1-13-11-18(8-9-19-13)16(12-17)7-6-14-4-2-3-5-15(14)10-16/h2-5,13H,6-12,17H2,1H3. The number of benzene rings is 1. The van der Waals surface area contributed by atoms with Gasteiger partial charge in [-0.3, -0.25) is 4.90 Å². The molecular formula is C16H24N2O. The summed E-state index contributed by atoms with van der Waals surface area (Å²) < 4.78 is 5.68. The molecular weight excluding hydrogens is 236 g/mol. The van der Waals surface area contributed by atoms with Crippen LogP contribution in [0.3, 0.4) is 0 Å². The summed E-state index contributed by atoms with van der Waals surface area (Å²) in [5.74, 6) is 0. The van der Waals surface area contributed by atoms with E-state index in [0.717, 1.165) is 39.1 Å². The van der Waals surface area contributed by atoms with Gasteiger partial charge in [0, 0.05) is 25.2 Å². The second-order valence-corrected chi connectivity index (χ2v) is 6.00. The highest BCUT2D eigenvalue weighted by atomic mass is 16.5. The van der Waals surface area contributed by atoms with Crippen molar-refractivity contribution in [2.45, 2.75) is 37.8 Å². The van der Waals surface area contributed by atoms with Gasteiger partial charge in [-0.05, 0) is 37.3 Å². The molecule has 2 unspecified atom stereocenters. The molecule has 0 amide bonds. The molecule has 1 aromatic carbocycles. The SMILES string of the molecule is CC1CN(C2(CN)CCc3ccccc3C2)CCO1. The van der Waals surface area contributed by atoms with Crippen LogP contribution < -0.4 is 5.73 Å². The molecule has 3 rings (SSSR count). The highest BCUT2D eigenvalue weighted by Crippen LogP contribution is 2.33. The summed E-state index contributed by atoms with van der Waals surface area (Å²) in [5.41, 5.74) is 9.33. The number of morpholine rings is 1. The fraction of sp³-hybridized carbons (Fsp3) is 0.625. The van der Waals surface area contributed by atoms with Crippen molar-refractivity contribution in [2.75, 3.05) is 26.2 Å². The third-order valence-electron chi connectivity index (χ3n) is 4.79. The first-order valence-corrected chi connectivity index (χ1v) is 7.37. The summed E-state index contributed by atoms with van der Waals surface area (Å²) in [6, 6.07) is 8.82. The number of hydrogen-bond acceptors (Lipinski definition) is 3. The molecule has 0 bridgehead atoms. The molecule has 104 valence electrons. The fourth-order valence-electron chi connectivity index (χ4n) is 3.61. The Morgan fingerprint density at radius 3 is 2.89 bits per heavy atom. The molecule has 1 aromatic rings. The minimum atomic E-state index is 0.145. The Balaban J connectivity index is 1.85. The Morgan fingerprint density at radius 2 is 2.16 bits per heavy atom. The Bertz CT molecular complexity index is 448. The summed E-state index contributed by atoms with van der Waals surface area (Å²) in [4.78, 5) is 2.58. The molecule has 19 heavy (non-hydrogen) atoms. The van der Waals surface area contributed by atoms with Crippen LogP contribution in [0.5, 0.6) is 0 Å². The van der Waals surface area contributed by atoms with E-state index in [9.17, 15) is 0 Å². The average molecular weight is 260 g/mol. The zero-order chi connectivity index (χ0) is 13.3. The maximum absolute atomic E-state index is 6.19. The van der Waals surface area contributed by atoms with Gasteiger partial charge >= 0.3 is 0 Å². The van der Waals surface area contributed by atoms with Crippen molar-refractivity contribution in [3.05, 3.63) is 35.4 Å². The van der Waals surface area contributed by atoms with Crippen molar-refractivity contribution < 1.29 is 4.74 Å². The van der Waals surface area contributed by atoms with Crippen molar-refractivity contribution in [3.63, 3.8) is 0 Å². The highest BCUT2D eigenvalue weighted by molar-refractivity contribution is 5.32. The Labute approximate surface area is 115 Å². The summed E-state index contributed by atoms with van der Waals surface area (Å²) >= 11 is 0. The lowest BCUT2D eigenvalue weighted by Gasteiger charge is -2.49. The molecule has 0 radical (unpaired) electrons. The van der Waals surface area contributed by atoms with Crippen molar-refractivity contribution in [3.8, 4) is 0 Å². The van der Waals surface area contributed by atoms with Gasteiger partial charge in [-0.25, -0.2) is 0 Å². The van der Waals surface area contributed by atoms with Crippen LogP contribution in [0.25, 0.3) is 0 Å². The van der Waals surface area contributed by atoms with Gasteiger partial charge in [0.25, 0.3) is 0 Å². The lowest BCUT2D eigenvalue weighted by Crippen LogP contribution is -2.61. The Morgan fingerprint density at radius 1 is 1.37 bits per heavy atom. The van der Waals surface area contributed by atoms with E-state index in [4.69, 9.17) is 10.5 Å². The van der Waals surface area contributed by atoms with Gasteiger partial charge in [0.2, 0.25) is 0 Å². The summed E-state index contributed by atoms with van der Waals surface area (Å²) in [6.45, 7) is 5.77.